The van der Waals surface area contributed by atoms with E-state index >= 15 is 0 Å². The van der Waals surface area contributed by atoms with Crippen molar-refractivity contribution in [2.24, 2.45) is 23.7 Å². The van der Waals surface area contributed by atoms with Crippen molar-refractivity contribution < 1.29 is 18.3 Å². The van der Waals surface area contributed by atoms with Gasteiger partial charge < -0.3 is 19.4 Å². The van der Waals surface area contributed by atoms with E-state index in [1.165, 1.54) is 37.0 Å². The van der Waals surface area contributed by atoms with Crippen molar-refractivity contribution in [3.8, 4) is 5.88 Å². The Morgan fingerprint density at radius 2 is 1.84 bits per heavy atom. The molecule has 1 aromatic carbocycles. The lowest BCUT2D eigenvalue weighted by atomic mass is 9.69. The number of carbonyl (C=O) groups is 1. The van der Waals surface area contributed by atoms with Crippen LogP contribution in [0.4, 0.5) is 14.5 Å². The number of halogens is 2. The van der Waals surface area contributed by atoms with Crippen LogP contribution in [0.15, 0.2) is 36.5 Å². The van der Waals surface area contributed by atoms with Gasteiger partial charge in [0.2, 0.25) is 11.8 Å². The Kier molecular flexibility index (Phi) is 8.46. The summed E-state index contributed by atoms with van der Waals surface area (Å²) in [5, 5.41) is 0. The van der Waals surface area contributed by atoms with Crippen molar-refractivity contribution in [3.05, 3.63) is 53.7 Å². The minimum Gasteiger partial charge on any atom is -0.481 e. The van der Waals surface area contributed by atoms with E-state index in [4.69, 9.17) is 4.74 Å². The number of anilines is 1. The van der Waals surface area contributed by atoms with Gasteiger partial charge in [-0.15, -0.1) is 0 Å². The second-order valence-electron chi connectivity index (χ2n) is 11.5. The molecule has 3 fully saturated rings. The zero-order chi connectivity index (χ0) is 26.6. The van der Waals surface area contributed by atoms with Crippen LogP contribution >= 0.6 is 0 Å². The third kappa shape index (κ3) is 6.11. The van der Waals surface area contributed by atoms with Gasteiger partial charge in [-0.1, -0.05) is 25.8 Å². The molecule has 2 saturated heterocycles. The number of piperazine rings is 1. The Morgan fingerprint density at radius 1 is 1.05 bits per heavy atom. The Bertz CT molecular complexity index is 1090. The Balaban J connectivity index is 1.20. The molecule has 4 atom stereocenters. The molecule has 3 heterocycles. The number of fused-ring (bicyclic) bond motifs is 1. The third-order valence-corrected chi connectivity index (χ3v) is 8.77. The van der Waals surface area contributed by atoms with Gasteiger partial charge in [0, 0.05) is 69.8 Å². The fraction of sp³-hybridized carbons (Fsp3) is 0.600. The van der Waals surface area contributed by atoms with Crippen molar-refractivity contribution in [3.63, 3.8) is 0 Å². The van der Waals surface area contributed by atoms with Gasteiger partial charge >= 0.3 is 0 Å². The highest BCUT2D eigenvalue weighted by atomic mass is 19.2. The Morgan fingerprint density at radius 3 is 2.55 bits per heavy atom. The number of pyridine rings is 1. The second kappa shape index (κ2) is 12.0. The zero-order valence-electron chi connectivity index (χ0n) is 22.6. The number of rotatable bonds is 7. The van der Waals surface area contributed by atoms with E-state index in [2.05, 4.69) is 22.9 Å². The molecule has 38 heavy (non-hydrogen) atoms. The average Bonchev–Trinajstić information content (AvgIpc) is 2.94. The monoisotopic (exact) mass is 526 g/mol. The number of carbonyl (C=O) groups excluding carboxylic acids is 1. The standard InChI is InChI=1S/C30H40F2N4O2/c1-21(15-22-7-10-29(38-2)33-17-22)18-34-19-23-5-3-4-6-25(23)26(20-34)30(37)36-13-11-35(12-14-36)24-8-9-27(31)28(32)16-24/h7-10,16-17,21,23,25-26H,3-6,11-15,18-20H2,1-2H3/t21?,23-,25-,26+/m0/s1. The van der Waals surface area contributed by atoms with Gasteiger partial charge in [0.05, 0.1) is 13.0 Å². The summed E-state index contributed by atoms with van der Waals surface area (Å²) in [5.41, 5.74) is 1.88. The lowest BCUT2D eigenvalue weighted by molar-refractivity contribution is -0.142. The molecule has 206 valence electrons. The van der Waals surface area contributed by atoms with Crippen LogP contribution in [0.5, 0.6) is 5.88 Å². The first-order valence-corrected chi connectivity index (χ1v) is 14.1. The van der Waals surface area contributed by atoms with E-state index in [0.717, 1.165) is 32.5 Å². The molecule has 0 N–H and O–H groups in total. The molecular weight excluding hydrogens is 486 g/mol. The summed E-state index contributed by atoms with van der Waals surface area (Å²) in [6.45, 7) is 7.67. The van der Waals surface area contributed by atoms with E-state index in [9.17, 15) is 13.6 Å². The minimum atomic E-state index is -0.832. The Hall–Kier alpha value is -2.74. The molecule has 1 unspecified atom stereocenters. The normalized spacial score (nSPS) is 25.1. The smallest absolute Gasteiger partial charge is 0.227 e. The number of nitrogens with zero attached hydrogens (tertiary/aromatic N) is 4. The van der Waals surface area contributed by atoms with Gasteiger partial charge in [0.1, 0.15) is 0 Å². The number of methoxy groups -OCH3 is 1. The largest absolute Gasteiger partial charge is 0.481 e. The van der Waals surface area contributed by atoms with Gasteiger partial charge in [-0.3, -0.25) is 4.79 Å². The maximum absolute atomic E-state index is 13.9. The number of aromatic nitrogens is 1. The Labute approximate surface area is 225 Å². The second-order valence-corrected chi connectivity index (χ2v) is 11.5. The molecule has 1 aliphatic carbocycles. The van der Waals surface area contributed by atoms with E-state index in [1.807, 2.05) is 22.1 Å². The summed E-state index contributed by atoms with van der Waals surface area (Å²) >= 11 is 0. The van der Waals surface area contributed by atoms with Crippen molar-refractivity contribution in [2.45, 2.75) is 39.0 Å². The number of piperidine rings is 1. The molecule has 2 aromatic rings. The van der Waals surface area contributed by atoms with Crippen LogP contribution in [0.25, 0.3) is 0 Å². The summed E-state index contributed by atoms with van der Waals surface area (Å²) in [4.78, 5) is 24.8. The molecule has 0 spiro atoms. The van der Waals surface area contributed by atoms with E-state index in [-0.39, 0.29) is 11.8 Å². The van der Waals surface area contributed by atoms with Gasteiger partial charge in [0.15, 0.2) is 11.6 Å². The highest BCUT2D eigenvalue weighted by Gasteiger charge is 2.43. The van der Waals surface area contributed by atoms with Gasteiger partial charge in [-0.05, 0) is 54.7 Å². The van der Waals surface area contributed by atoms with Crippen LogP contribution in [0.1, 0.15) is 38.2 Å². The first kappa shape index (κ1) is 26.9. The fourth-order valence-electron chi connectivity index (χ4n) is 6.88. The van der Waals surface area contributed by atoms with Gasteiger partial charge in [-0.25, -0.2) is 13.8 Å². The lowest BCUT2D eigenvalue weighted by Gasteiger charge is -2.48. The first-order chi connectivity index (χ1) is 18.4. The molecule has 2 aliphatic heterocycles. The number of hydrogen-bond acceptors (Lipinski definition) is 5. The van der Waals surface area contributed by atoms with Crippen LogP contribution in [0, 0.1) is 35.3 Å². The molecule has 1 aromatic heterocycles. The SMILES string of the molecule is COc1ccc(CC(C)CN2C[C@@H]3CCCC[C@@H]3[C@H](C(=O)N3CCN(c4ccc(F)c(F)c4)CC3)C2)cn1. The number of amides is 1. The van der Waals surface area contributed by atoms with E-state index < -0.39 is 11.6 Å². The summed E-state index contributed by atoms with van der Waals surface area (Å²) in [7, 11) is 1.63. The molecule has 5 rings (SSSR count). The van der Waals surface area contributed by atoms with Crippen LogP contribution in [-0.4, -0.2) is 73.6 Å². The lowest BCUT2D eigenvalue weighted by Crippen LogP contribution is -2.57. The number of ether oxygens (including phenoxy) is 1. The van der Waals surface area contributed by atoms with Gasteiger partial charge in [-0.2, -0.15) is 0 Å². The van der Waals surface area contributed by atoms with Gasteiger partial charge in [0.25, 0.3) is 0 Å². The molecule has 0 radical (unpaired) electrons. The highest BCUT2D eigenvalue weighted by Crippen LogP contribution is 2.40. The fourth-order valence-corrected chi connectivity index (χ4v) is 6.88. The quantitative estimate of drug-likeness (QED) is 0.527. The first-order valence-electron chi connectivity index (χ1n) is 14.1. The summed E-state index contributed by atoms with van der Waals surface area (Å²) in [6.07, 6.45) is 7.69. The van der Waals surface area contributed by atoms with Crippen LogP contribution < -0.4 is 9.64 Å². The van der Waals surface area contributed by atoms with E-state index in [1.54, 1.807) is 13.2 Å². The topological polar surface area (TPSA) is 48.9 Å². The van der Waals surface area contributed by atoms with Crippen LogP contribution in [-0.2, 0) is 11.2 Å². The van der Waals surface area contributed by atoms with Crippen molar-refractivity contribution >= 4 is 11.6 Å². The number of hydrogen-bond donors (Lipinski definition) is 0. The molecule has 3 aliphatic rings. The van der Waals surface area contributed by atoms with Crippen LogP contribution in [0.2, 0.25) is 0 Å². The molecule has 1 amide bonds. The molecule has 1 saturated carbocycles. The maximum Gasteiger partial charge on any atom is 0.227 e. The molecule has 8 heteroatoms. The van der Waals surface area contributed by atoms with Crippen molar-refractivity contribution in [1.29, 1.82) is 0 Å². The predicted octanol–water partition coefficient (Wildman–Crippen LogP) is 4.63. The van der Waals surface area contributed by atoms with E-state index in [0.29, 0.717) is 55.5 Å². The average molecular weight is 527 g/mol. The van der Waals surface area contributed by atoms with Crippen molar-refractivity contribution in [1.82, 2.24) is 14.8 Å². The van der Waals surface area contributed by atoms with Crippen LogP contribution in [0.3, 0.4) is 0 Å². The summed E-state index contributed by atoms with van der Waals surface area (Å²) in [5.74, 6) is 0.809. The van der Waals surface area contributed by atoms with Crippen molar-refractivity contribution in [2.75, 3.05) is 57.8 Å². The summed E-state index contributed by atoms with van der Waals surface area (Å²) in [6, 6.07) is 8.04. The molecule has 6 nitrogen and oxygen atoms in total. The summed E-state index contributed by atoms with van der Waals surface area (Å²) < 4.78 is 32.3. The zero-order valence-corrected chi connectivity index (χ0v) is 22.6. The highest BCUT2D eigenvalue weighted by molar-refractivity contribution is 5.80. The predicted molar refractivity (Wildman–Crippen MR) is 144 cm³/mol. The molecule has 0 bridgehead atoms. The third-order valence-electron chi connectivity index (χ3n) is 8.77. The number of likely N-dealkylation sites (tertiary alicyclic amines) is 1. The maximum atomic E-state index is 13.9. The molecular formula is C30H40F2N4O2. The minimum absolute atomic E-state index is 0.0405. The number of benzene rings is 1.